The third kappa shape index (κ3) is 4.39. The molecule has 0 saturated carbocycles. The van der Waals surface area contributed by atoms with E-state index >= 15 is 0 Å². The number of rotatable bonds is 6. The second-order valence-corrected chi connectivity index (χ2v) is 7.36. The van der Waals surface area contributed by atoms with Crippen molar-refractivity contribution < 1.29 is 13.2 Å². The topological polar surface area (TPSA) is 70.7 Å². The van der Waals surface area contributed by atoms with Crippen molar-refractivity contribution in [1.29, 1.82) is 0 Å². The largest absolute Gasteiger partial charge is 0.383 e. The Bertz CT molecular complexity index is 596. The monoisotopic (exact) mass is 343 g/mol. The second kappa shape index (κ2) is 7.87. The first-order chi connectivity index (χ1) is 10.5. The lowest BCUT2D eigenvalue weighted by Crippen LogP contribution is -2.31. The minimum Gasteiger partial charge on any atom is -0.383 e. The zero-order valence-corrected chi connectivity index (χ0v) is 14.2. The lowest BCUT2D eigenvalue weighted by Gasteiger charge is -2.16. The normalized spacial score (nSPS) is 15.7. The average molecular weight is 343 g/mol. The van der Waals surface area contributed by atoms with Gasteiger partial charge in [0.05, 0.1) is 11.5 Å². The van der Waals surface area contributed by atoms with Gasteiger partial charge in [-0.15, -0.1) is 0 Å². The van der Waals surface area contributed by atoms with Gasteiger partial charge in [0.15, 0.2) is 5.11 Å². The summed E-state index contributed by atoms with van der Waals surface area (Å²) in [5.74, 6) is 0. The number of methoxy groups -OCH3 is 1. The number of nitrogens with zero attached hydrogens (tertiary/aromatic N) is 1. The summed E-state index contributed by atoms with van der Waals surface area (Å²) >= 11 is 5.14. The summed E-state index contributed by atoms with van der Waals surface area (Å²) in [6.07, 6.45) is 1.86. The van der Waals surface area contributed by atoms with E-state index in [1.165, 1.54) is 4.31 Å². The number of nitrogens with one attached hydrogen (secondary N) is 2. The third-order valence-electron chi connectivity index (χ3n) is 3.41. The van der Waals surface area contributed by atoms with Gasteiger partial charge in [-0.05, 0) is 49.3 Å². The average Bonchev–Trinajstić information content (AvgIpc) is 3.03. The molecule has 0 aliphatic carbocycles. The molecule has 0 unspecified atom stereocenters. The maximum Gasteiger partial charge on any atom is 0.243 e. The SMILES string of the molecule is COCCNC(=S)Nc1ccc(S(=O)(=O)N2CCCC2)cc1. The molecule has 0 bridgehead atoms. The van der Waals surface area contributed by atoms with Crippen LogP contribution < -0.4 is 10.6 Å². The Labute approximate surface area is 136 Å². The highest BCUT2D eigenvalue weighted by molar-refractivity contribution is 7.89. The molecule has 1 fully saturated rings. The van der Waals surface area contributed by atoms with Crippen LogP contribution in [-0.2, 0) is 14.8 Å². The first-order valence-corrected chi connectivity index (χ1v) is 9.03. The predicted octanol–water partition coefficient (Wildman–Crippen LogP) is 1.40. The molecule has 1 saturated heterocycles. The van der Waals surface area contributed by atoms with Gasteiger partial charge in [-0.25, -0.2) is 8.42 Å². The van der Waals surface area contributed by atoms with Crippen molar-refractivity contribution >= 4 is 33.0 Å². The van der Waals surface area contributed by atoms with E-state index in [0.717, 1.165) is 18.5 Å². The van der Waals surface area contributed by atoms with Gasteiger partial charge < -0.3 is 15.4 Å². The van der Waals surface area contributed by atoms with Crippen molar-refractivity contribution in [3.63, 3.8) is 0 Å². The zero-order chi connectivity index (χ0) is 16.0. The van der Waals surface area contributed by atoms with Crippen molar-refractivity contribution in [3.05, 3.63) is 24.3 Å². The highest BCUT2D eigenvalue weighted by Crippen LogP contribution is 2.22. The minimum absolute atomic E-state index is 0.318. The number of benzene rings is 1. The van der Waals surface area contributed by atoms with Crippen LogP contribution in [0, 0.1) is 0 Å². The van der Waals surface area contributed by atoms with Gasteiger partial charge in [-0.2, -0.15) is 4.31 Å². The minimum atomic E-state index is -3.36. The van der Waals surface area contributed by atoms with E-state index in [1.54, 1.807) is 31.4 Å². The maximum atomic E-state index is 12.4. The Hall–Kier alpha value is -1.22. The van der Waals surface area contributed by atoms with Gasteiger partial charge >= 0.3 is 0 Å². The summed E-state index contributed by atoms with van der Waals surface area (Å²) in [6.45, 7) is 2.39. The molecule has 22 heavy (non-hydrogen) atoms. The highest BCUT2D eigenvalue weighted by Gasteiger charge is 2.26. The fourth-order valence-corrected chi connectivity index (χ4v) is 3.97. The summed E-state index contributed by atoms with van der Waals surface area (Å²) in [5, 5.41) is 6.47. The van der Waals surface area contributed by atoms with E-state index in [1.807, 2.05) is 0 Å². The Morgan fingerprint density at radius 2 is 1.91 bits per heavy atom. The smallest absolute Gasteiger partial charge is 0.243 e. The van der Waals surface area contributed by atoms with Crippen LogP contribution in [-0.4, -0.2) is 51.2 Å². The molecule has 1 aromatic rings. The Kier molecular flexibility index (Phi) is 6.13. The molecule has 6 nitrogen and oxygen atoms in total. The third-order valence-corrected chi connectivity index (χ3v) is 5.57. The van der Waals surface area contributed by atoms with Gasteiger partial charge in [0.2, 0.25) is 10.0 Å². The summed E-state index contributed by atoms with van der Waals surface area (Å²) in [7, 11) is -1.74. The van der Waals surface area contributed by atoms with Gasteiger partial charge in [-0.1, -0.05) is 0 Å². The van der Waals surface area contributed by atoms with Crippen molar-refractivity contribution in [2.24, 2.45) is 0 Å². The Morgan fingerprint density at radius 3 is 2.50 bits per heavy atom. The molecule has 1 heterocycles. The molecule has 2 rings (SSSR count). The molecule has 1 aliphatic heterocycles. The fraction of sp³-hybridized carbons (Fsp3) is 0.500. The van der Waals surface area contributed by atoms with E-state index in [0.29, 0.717) is 36.2 Å². The Morgan fingerprint density at radius 1 is 1.27 bits per heavy atom. The molecular formula is C14H21N3O3S2. The van der Waals surface area contributed by atoms with E-state index < -0.39 is 10.0 Å². The van der Waals surface area contributed by atoms with Gasteiger partial charge in [0, 0.05) is 32.4 Å². The molecule has 2 N–H and O–H groups in total. The van der Waals surface area contributed by atoms with E-state index in [9.17, 15) is 8.42 Å². The first-order valence-electron chi connectivity index (χ1n) is 7.18. The molecule has 0 radical (unpaired) electrons. The molecule has 0 aromatic heterocycles. The van der Waals surface area contributed by atoms with Crippen molar-refractivity contribution in [1.82, 2.24) is 9.62 Å². The molecule has 122 valence electrons. The van der Waals surface area contributed by atoms with Gasteiger partial charge in [-0.3, -0.25) is 0 Å². The summed E-state index contributed by atoms with van der Waals surface area (Å²) in [4.78, 5) is 0.318. The van der Waals surface area contributed by atoms with Crippen LogP contribution in [0.1, 0.15) is 12.8 Å². The van der Waals surface area contributed by atoms with E-state index in [4.69, 9.17) is 17.0 Å². The lowest BCUT2D eigenvalue weighted by atomic mass is 10.3. The number of thiocarbonyl (C=S) groups is 1. The zero-order valence-electron chi connectivity index (χ0n) is 12.5. The lowest BCUT2D eigenvalue weighted by molar-refractivity contribution is 0.204. The van der Waals surface area contributed by atoms with Gasteiger partial charge in [0.1, 0.15) is 0 Å². The van der Waals surface area contributed by atoms with Crippen LogP contribution in [0.4, 0.5) is 5.69 Å². The van der Waals surface area contributed by atoms with E-state index in [-0.39, 0.29) is 0 Å². The van der Waals surface area contributed by atoms with Crippen molar-refractivity contribution in [2.45, 2.75) is 17.7 Å². The standard InChI is InChI=1S/C14H21N3O3S2/c1-20-11-8-15-14(21)16-12-4-6-13(7-5-12)22(18,19)17-9-2-3-10-17/h4-7H,2-3,8-11H2,1H3,(H2,15,16,21). The molecule has 0 atom stereocenters. The number of anilines is 1. The summed E-state index contributed by atoms with van der Waals surface area (Å²) in [5.41, 5.74) is 0.746. The molecular weight excluding hydrogens is 322 g/mol. The summed E-state index contributed by atoms with van der Waals surface area (Å²) in [6, 6.07) is 6.64. The number of hydrogen-bond acceptors (Lipinski definition) is 4. The van der Waals surface area contributed by atoms with Crippen LogP contribution in [0.3, 0.4) is 0 Å². The van der Waals surface area contributed by atoms with E-state index in [2.05, 4.69) is 10.6 Å². The fourth-order valence-electron chi connectivity index (χ4n) is 2.23. The van der Waals surface area contributed by atoms with Crippen LogP contribution in [0.2, 0.25) is 0 Å². The summed E-state index contributed by atoms with van der Waals surface area (Å²) < 4.78 is 31.2. The first kappa shape index (κ1) is 17.1. The molecule has 1 aromatic carbocycles. The van der Waals surface area contributed by atoms with Crippen LogP contribution in [0.15, 0.2) is 29.2 Å². The van der Waals surface area contributed by atoms with Crippen LogP contribution in [0.5, 0.6) is 0 Å². The Balaban J connectivity index is 1.96. The molecule has 0 amide bonds. The molecule has 0 spiro atoms. The molecule has 8 heteroatoms. The molecule has 1 aliphatic rings. The number of sulfonamides is 1. The van der Waals surface area contributed by atoms with Crippen molar-refractivity contribution in [3.8, 4) is 0 Å². The number of ether oxygens (including phenoxy) is 1. The maximum absolute atomic E-state index is 12.4. The quantitative estimate of drug-likeness (QED) is 0.601. The van der Waals surface area contributed by atoms with Crippen molar-refractivity contribution in [2.75, 3.05) is 38.7 Å². The number of hydrogen-bond donors (Lipinski definition) is 2. The van der Waals surface area contributed by atoms with Crippen LogP contribution in [0.25, 0.3) is 0 Å². The second-order valence-electron chi connectivity index (χ2n) is 5.01. The predicted molar refractivity (Wildman–Crippen MR) is 90.5 cm³/mol. The highest BCUT2D eigenvalue weighted by atomic mass is 32.2. The van der Waals surface area contributed by atoms with Gasteiger partial charge in [0.25, 0.3) is 0 Å². The van der Waals surface area contributed by atoms with Crippen LogP contribution >= 0.6 is 12.2 Å².